The molecule has 0 heteroatoms. The van der Waals surface area contributed by atoms with Gasteiger partial charge in [-0.05, 0) is 66.3 Å². The lowest BCUT2D eigenvalue weighted by atomic mass is 9.96. The number of aryl methyl sites for hydroxylation is 2. The maximum absolute atomic E-state index is 2.38. The molecule has 134 valence electrons. The Balaban J connectivity index is 1.69. The van der Waals surface area contributed by atoms with Gasteiger partial charge < -0.3 is 0 Å². The van der Waals surface area contributed by atoms with Gasteiger partial charge in [-0.2, -0.15) is 0 Å². The summed E-state index contributed by atoms with van der Waals surface area (Å²) >= 11 is 0. The van der Waals surface area contributed by atoms with Gasteiger partial charge in [0.2, 0.25) is 0 Å². The highest BCUT2D eigenvalue weighted by atomic mass is 14.1. The van der Waals surface area contributed by atoms with Crippen LogP contribution in [0.2, 0.25) is 0 Å². The Morgan fingerprint density at radius 2 is 1.08 bits per heavy atom. The van der Waals surface area contributed by atoms with E-state index < -0.39 is 0 Å². The zero-order valence-electron chi connectivity index (χ0n) is 16.3. The summed E-state index contributed by atoms with van der Waals surface area (Å²) in [6.45, 7) is 6.75. The first-order chi connectivity index (χ1) is 12.6. The summed E-state index contributed by atoms with van der Waals surface area (Å²) in [5.74, 6) is 0.761. The molecule has 3 aromatic carbocycles. The summed E-state index contributed by atoms with van der Waals surface area (Å²) in [6, 6.07) is 27.0. The first-order valence-corrected chi connectivity index (χ1v) is 9.79. The molecule has 0 saturated carbocycles. The Kier molecular flexibility index (Phi) is 6.28. The molecule has 0 bridgehead atoms. The lowest BCUT2D eigenvalue weighted by Crippen LogP contribution is -1.95. The molecule has 0 aliphatic rings. The number of hydrogen-bond donors (Lipinski definition) is 0. The van der Waals surface area contributed by atoms with Crippen LogP contribution in [0.25, 0.3) is 0 Å². The second-order valence-electron chi connectivity index (χ2n) is 7.92. The molecule has 0 aliphatic heterocycles. The minimum absolute atomic E-state index is 0.761. The molecule has 0 radical (unpaired) electrons. The van der Waals surface area contributed by atoms with Gasteiger partial charge in [0.25, 0.3) is 0 Å². The van der Waals surface area contributed by atoms with Gasteiger partial charge in [-0.15, -0.1) is 0 Å². The van der Waals surface area contributed by atoms with E-state index in [2.05, 4.69) is 93.6 Å². The molecule has 0 unspecified atom stereocenters. The average Bonchev–Trinajstić information content (AvgIpc) is 2.61. The fraction of sp³-hybridized carbons (Fsp3) is 0.308. The quantitative estimate of drug-likeness (QED) is 0.444. The van der Waals surface area contributed by atoms with Crippen molar-refractivity contribution in [1.29, 1.82) is 0 Å². The van der Waals surface area contributed by atoms with E-state index in [4.69, 9.17) is 0 Å². The number of benzene rings is 3. The molecule has 0 nitrogen and oxygen atoms in total. The Bertz CT molecular complexity index is 842. The largest absolute Gasteiger partial charge is 0.0628 e. The van der Waals surface area contributed by atoms with Crippen LogP contribution in [0, 0.1) is 12.8 Å². The first kappa shape index (κ1) is 18.5. The molecule has 0 aromatic heterocycles. The second kappa shape index (κ2) is 8.85. The van der Waals surface area contributed by atoms with Crippen LogP contribution in [-0.4, -0.2) is 0 Å². The Labute approximate surface area is 158 Å². The van der Waals surface area contributed by atoms with E-state index in [-0.39, 0.29) is 0 Å². The van der Waals surface area contributed by atoms with Crippen molar-refractivity contribution in [2.75, 3.05) is 0 Å². The monoisotopic (exact) mass is 342 g/mol. The van der Waals surface area contributed by atoms with Gasteiger partial charge >= 0.3 is 0 Å². The predicted octanol–water partition coefficient (Wildman–Crippen LogP) is 6.77. The van der Waals surface area contributed by atoms with Crippen LogP contribution in [0.4, 0.5) is 0 Å². The van der Waals surface area contributed by atoms with E-state index in [1.807, 2.05) is 0 Å². The van der Waals surface area contributed by atoms with Gasteiger partial charge in [-0.1, -0.05) is 92.2 Å². The van der Waals surface area contributed by atoms with E-state index in [0.29, 0.717) is 0 Å². The lowest BCUT2D eigenvalue weighted by Gasteiger charge is -2.09. The van der Waals surface area contributed by atoms with Crippen molar-refractivity contribution in [2.24, 2.45) is 5.92 Å². The van der Waals surface area contributed by atoms with E-state index in [0.717, 1.165) is 18.8 Å². The molecule has 0 aliphatic carbocycles. The normalized spacial score (nSPS) is 11.1. The standard InChI is InChI=1S/C26H30/c1-20(2)13-14-22-8-5-10-24(16-22)18-26-12-6-11-25(19-26)17-23-9-4-7-21(3)15-23/h4-12,15-16,19-20H,13-14,17-18H2,1-3H3. The van der Waals surface area contributed by atoms with Gasteiger partial charge in [0.15, 0.2) is 0 Å². The van der Waals surface area contributed by atoms with Gasteiger partial charge in [0.05, 0.1) is 0 Å². The second-order valence-corrected chi connectivity index (χ2v) is 7.92. The van der Waals surface area contributed by atoms with Crippen LogP contribution in [0.3, 0.4) is 0 Å². The maximum atomic E-state index is 2.38. The first-order valence-electron chi connectivity index (χ1n) is 9.79. The summed E-state index contributed by atoms with van der Waals surface area (Å²) in [4.78, 5) is 0. The third kappa shape index (κ3) is 5.59. The summed E-state index contributed by atoms with van der Waals surface area (Å²) in [6.07, 6.45) is 4.45. The SMILES string of the molecule is Cc1cccc(Cc2cccc(Cc3cccc(CCC(C)C)c3)c2)c1. The van der Waals surface area contributed by atoms with E-state index >= 15 is 0 Å². The fourth-order valence-corrected chi connectivity index (χ4v) is 3.49. The van der Waals surface area contributed by atoms with Gasteiger partial charge in [0, 0.05) is 0 Å². The topological polar surface area (TPSA) is 0 Å². The van der Waals surface area contributed by atoms with E-state index in [1.54, 1.807) is 0 Å². The minimum atomic E-state index is 0.761. The summed E-state index contributed by atoms with van der Waals surface area (Å²) in [7, 11) is 0. The highest BCUT2D eigenvalue weighted by Crippen LogP contribution is 2.17. The van der Waals surface area contributed by atoms with Crippen LogP contribution < -0.4 is 0 Å². The van der Waals surface area contributed by atoms with Gasteiger partial charge in [-0.25, -0.2) is 0 Å². The van der Waals surface area contributed by atoms with Crippen LogP contribution in [0.15, 0.2) is 72.8 Å². The molecule has 0 heterocycles. The zero-order valence-corrected chi connectivity index (χ0v) is 16.3. The molecule has 0 N–H and O–H groups in total. The van der Waals surface area contributed by atoms with Crippen molar-refractivity contribution in [1.82, 2.24) is 0 Å². The molecule has 26 heavy (non-hydrogen) atoms. The molecular formula is C26H30. The summed E-state index contributed by atoms with van der Waals surface area (Å²) in [5, 5.41) is 0. The van der Waals surface area contributed by atoms with Gasteiger partial charge in [-0.3, -0.25) is 0 Å². The Morgan fingerprint density at radius 3 is 1.62 bits per heavy atom. The third-order valence-electron chi connectivity index (χ3n) is 4.89. The zero-order chi connectivity index (χ0) is 18.4. The minimum Gasteiger partial charge on any atom is -0.0628 e. The molecule has 0 amide bonds. The average molecular weight is 343 g/mol. The highest BCUT2D eigenvalue weighted by molar-refractivity contribution is 5.34. The van der Waals surface area contributed by atoms with Crippen LogP contribution in [0.1, 0.15) is 53.6 Å². The van der Waals surface area contributed by atoms with Crippen molar-refractivity contribution >= 4 is 0 Å². The molecular weight excluding hydrogens is 312 g/mol. The summed E-state index contributed by atoms with van der Waals surface area (Å²) < 4.78 is 0. The molecule has 3 aromatic rings. The van der Waals surface area contributed by atoms with Crippen LogP contribution in [-0.2, 0) is 19.3 Å². The van der Waals surface area contributed by atoms with Crippen molar-refractivity contribution in [3.05, 3.63) is 106 Å². The Hall–Kier alpha value is -2.34. The molecule has 0 saturated heterocycles. The predicted molar refractivity (Wildman–Crippen MR) is 113 cm³/mol. The molecule has 0 atom stereocenters. The third-order valence-corrected chi connectivity index (χ3v) is 4.89. The van der Waals surface area contributed by atoms with Crippen LogP contribution >= 0.6 is 0 Å². The number of rotatable bonds is 7. The molecule has 0 fully saturated rings. The summed E-state index contributed by atoms with van der Waals surface area (Å²) in [5.41, 5.74) is 8.39. The molecule has 0 spiro atoms. The fourth-order valence-electron chi connectivity index (χ4n) is 3.49. The van der Waals surface area contributed by atoms with Gasteiger partial charge in [0.1, 0.15) is 0 Å². The Morgan fingerprint density at radius 1 is 0.615 bits per heavy atom. The van der Waals surface area contributed by atoms with Crippen molar-refractivity contribution in [2.45, 2.75) is 46.5 Å². The van der Waals surface area contributed by atoms with Crippen molar-refractivity contribution in [3.63, 3.8) is 0 Å². The number of hydrogen-bond acceptors (Lipinski definition) is 0. The highest BCUT2D eigenvalue weighted by Gasteiger charge is 2.03. The smallest absolute Gasteiger partial charge is 0.00256 e. The van der Waals surface area contributed by atoms with E-state index in [9.17, 15) is 0 Å². The van der Waals surface area contributed by atoms with Crippen molar-refractivity contribution < 1.29 is 0 Å². The lowest BCUT2D eigenvalue weighted by molar-refractivity contribution is 0.586. The van der Waals surface area contributed by atoms with E-state index in [1.165, 1.54) is 46.2 Å². The van der Waals surface area contributed by atoms with Crippen molar-refractivity contribution in [3.8, 4) is 0 Å². The maximum Gasteiger partial charge on any atom is -0.00256 e. The van der Waals surface area contributed by atoms with Crippen LogP contribution in [0.5, 0.6) is 0 Å². The molecule has 3 rings (SSSR count).